The Morgan fingerprint density at radius 3 is 2.30 bits per heavy atom. The molecule has 3 heterocycles. The first-order valence-corrected chi connectivity index (χ1v) is 8.14. The first-order chi connectivity index (χ1) is 9.34. The summed E-state index contributed by atoms with van der Waals surface area (Å²) in [6, 6.07) is 2.07. The summed E-state index contributed by atoms with van der Waals surface area (Å²) in [6.07, 6.45) is 0. The Morgan fingerprint density at radius 2 is 1.75 bits per heavy atom. The number of nitrogens with zero attached hydrogens (tertiary/aromatic N) is 3. The highest BCUT2D eigenvalue weighted by atomic mass is 32.1. The van der Waals surface area contributed by atoms with Crippen molar-refractivity contribution >= 4 is 43.7 Å². The van der Waals surface area contributed by atoms with Gasteiger partial charge >= 0.3 is 0 Å². The number of fused-ring (bicyclic) bond motifs is 1. The quantitative estimate of drug-likeness (QED) is 0.636. The van der Waals surface area contributed by atoms with Gasteiger partial charge < -0.3 is 0 Å². The van der Waals surface area contributed by atoms with Gasteiger partial charge in [0, 0.05) is 5.54 Å². The summed E-state index contributed by atoms with van der Waals surface area (Å²) >= 11 is 3.48. The van der Waals surface area contributed by atoms with E-state index in [9.17, 15) is 9.59 Å². The van der Waals surface area contributed by atoms with E-state index in [-0.39, 0.29) is 11.1 Å². The minimum Gasteiger partial charge on any atom is -0.268 e. The van der Waals surface area contributed by atoms with Crippen LogP contribution in [0, 0.1) is 20.4 Å². The summed E-state index contributed by atoms with van der Waals surface area (Å²) in [6.45, 7) is 5.47. The average molecular weight is 323 g/mol. The van der Waals surface area contributed by atoms with E-state index in [2.05, 4.69) is 10.4 Å². The zero-order valence-corrected chi connectivity index (χ0v) is 13.3. The largest absolute Gasteiger partial charge is 0.273 e. The lowest BCUT2D eigenvalue weighted by molar-refractivity contribution is 0.378. The molecule has 1 aromatic heterocycles. The van der Waals surface area contributed by atoms with Crippen LogP contribution in [0.3, 0.4) is 0 Å². The Hall–Kier alpha value is -1.56. The summed E-state index contributed by atoms with van der Waals surface area (Å²) < 4.78 is 6.99. The van der Waals surface area contributed by atoms with Crippen LogP contribution in [0.5, 0.6) is 0 Å². The normalized spacial score (nSPS) is 12.1. The Kier molecular flexibility index (Phi) is 2.83. The zero-order valence-electron chi connectivity index (χ0n) is 10.9. The molecule has 0 saturated heterocycles. The Labute approximate surface area is 125 Å². The van der Waals surface area contributed by atoms with Gasteiger partial charge in [-0.3, -0.25) is 14.2 Å². The van der Waals surface area contributed by atoms with Gasteiger partial charge in [0.1, 0.15) is 24.8 Å². The van der Waals surface area contributed by atoms with E-state index >= 15 is 0 Å². The summed E-state index contributed by atoms with van der Waals surface area (Å²) in [5.41, 5.74) is -1.12. The van der Waals surface area contributed by atoms with Crippen LogP contribution in [-0.4, -0.2) is 8.94 Å². The maximum atomic E-state index is 12.4. The van der Waals surface area contributed by atoms with Crippen LogP contribution < -0.4 is 11.1 Å². The lowest BCUT2D eigenvalue weighted by Gasteiger charge is -2.18. The Bertz CT molecular complexity index is 1040. The molecule has 0 fully saturated rings. The molecule has 0 radical (unpaired) electrons. The van der Waals surface area contributed by atoms with Gasteiger partial charge in [-0.2, -0.15) is 9.64 Å². The fraction of sp³-hybridized carbons (Fsp3) is 0.333. The Morgan fingerprint density at radius 1 is 1.15 bits per heavy atom. The molecule has 0 atom stereocenters. The lowest BCUT2D eigenvalue weighted by atomic mass is 10.1. The SMILES string of the molecule is CC(C)(C)n1c(=O)c2sc3nsc(C#N)c3sc=2c1=O. The molecule has 0 amide bonds. The van der Waals surface area contributed by atoms with Crippen LogP contribution in [0.25, 0.3) is 9.53 Å². The average Bonchev–Trinajstić information content (AvgIpc) is 2.87. The summed E-state index contributed by atoms with van der Waals surface area (Å²) in [5.74, 6) is 0. The predicted octanol–water partition coefficient (Wildman–Crippen LogP) is 2.29. The van der Waals surface area contributed by atoms with Crippen LogP contribution >= 0.6 is 34.2 Å². The molecule has 2 aliphatic rings. The number of rotatable bonds is 0. The molecule has 0 bridgehead atoms. The van der Waals surface area contributed by atoms with Crippen molar-refractivity contribution in [2.24, 2.45) is 0 Å². The molecule has 102 valence electrons. The Balaban J connectivity index is 2.58. The van der Waals surface area contributed by atoms with Gasteiger partial charge in [0.2, 0.25) is 0 Å². The van der Waals surface area contributed by atoms with Crippen molar-refractivity contribution in [2.75, 3.05) is 0 Å². The summed E-state index contributed by atoms with van der Waals surface area (Å²) in [5, 5.41) is 9.04. The smallest absolute Gasteiger partial charge is 0.268 e. The van der Waals surface area contributed by atoms with Crippen molar-refractivity contribution in [2.45, 2.75) is 26.3 Å². The van der Waals surface area contributed by atoms with Gasteiger partial charge in [-0.25, -0.2) is 0 Å². The van der Waals surface area contributed by atoms with Gasteiger partial charge in [-0.1, -0.05) is 0 Å². The minimum absolute atomic E-state index is 0.271. The van der Waals surface area contributed by atoms with E-state index in [0.29, 0.717) is 23.5 Å². The third-order valence-corrected chi connectivity index (χ3v) is 6.31. The number of hydrogen-bond acceptors (Lipinski definition) is 7. The van der Waals surface area contributed by atoms with Crippen LogP contribution in [0.1, 0.15) is 25.6 Å². The van der Waals surface area contributed by atoms with E-state index in [1.807, 2.05) is 20.8 Å². The third-order valence-electron chi connectivity index (χ3n) is 2.80. The molecular weight excluding hydrogens is 314 g/mol. The standard InChI is InChI=1S/C12H9N3O2S3/c1-12(2,3)15-10(16)7-8(11(15)17)19-9-6(18-7)5(4-13)20-14-9/h1-3H3. The van der Waals surface area contributed by atoms with E-state index < -0.39 is 5.54 Å². The van der Waals surface area contributed by atoms with E-state index in [4.69, 9.17) is 5.26 Å². The molecule has 2 aliphatic heterocycles. The highest BCUT2D eigenvalue weighted by molar-refractivity contribution is 7.29. The van der Waals surface area contributed by atoms with Crippen molar-refractivity contribution < 1.29 is 0 Å². The summed E-state index contributed by atoms with van der Waals surface area (Å²) in [4.78, 5) is 26.0. The molecule has 5 nitrogen and oxygen atoms in total. The van der Waals surface area contributed by atoms with Crippen molar-refractivity contribution in [1.29, 1.82) is 5.26 Å². The fourth-order valence-corrected chi connectivity index (χ4v) is 5.16. The van der Waals surface area contributed by atoms with Gasteiger partial charge in [-0.15, -0.1) is 22.7 Å². The van der Waals surface area contributed by atoms with E-state index in [1.54, 1.807) is 0 Å². The van der Waals surface area contributed by atoms with Gasteiger partial charge in [-0.05, 0) is 32.3 Å². The summed E-state index contributed by atoms with van der Waals surface area (Å²) in [7, 11) is 0. The maximum Gasteiger partial charge on any atom is 0.273 e. The van der Waals surface area contributed by atoms with Crippen molar-refractivity contribution in [3.8, 4) is 6.07 Å². The van der Waals surface area contributed by atoms with E-state index in [0.717, 1.165) is 11.5 Å². The number of aromatic nitrogens is 2. The van der Waals surface area contributed by atoms with Gasteiger partial charge in [0.05, 0.1) is 4.70 Å². The van der Waals surface area contributed by atoms with Crippen LogP contribution in [-0.2, 0) is 5.54 Å². The van der Waals surface area contributed by atoms with Gasteiger partial charge in [0.25, 0.3) is 11.1 Å². The van der Waals surface area contributed by atoms with Crippen molar-refractivity contribution in [3.63, 3.8) is 0 Å². The minimum atomic E-state index is -0.565. The topological polar surface area (TPSA) is 75.8 Å². The second kappa shape index (κ2) is 4.22. The molecule has 0 aromatic carbocycles. The highest BCUT2D eigenvalue weighted by Gasteiger charge is 2.23. The third kappa shape index (κ3) is 1.74. The first kappa shape index (κ1) is 13.4. The number of hydrogen-bond donors (Lipinski definition) is 0. The first-order valence-electron chi connectivity index (χ1n) is 5.73. The maximum absolute atomic E-state index is 12.4. The second-order valence-corrected chi connectivity index (χ2v) is 8.03. The second-order valence-electron chi connectivity index (χ2n) is 5.24. The van der Waals surface area contributed by atoms with Crippen LogP contribution in [0.4, 0.5) is 0 Å². The fourth-order valence-electron chi connectivity index (χ4n) is 1.97. The molecule has 1 aromatic rings. The van der Waals surface area contributed by atoms with Crippen LogP contribution in [0.2, 0.25) is 0 Å². The molecule has 0 aliphatic carbocycles. The molecule has 0 spiro atoms. The molecule has 0 N–H and O–H groups in total. The van der Waals surface area contributed by atoms with Crippen LogP contribution in [0.15, 0.2) is 9.59 Å². The van der Waals surface area contributed by atoms with Crippen molar-refractivity contribution in [3.05, 3.63) is 34.6 Å². The van der Waals surface area contributed by atoms with Gasteiger partial charge in [0.15, 0.2) is 0 Å². The predicted molar refractivity (Wildman–Crippen MR) is 80.9 cm³/mol. The molecule has 0 saturated carbocycles. The molecule has 0 unspecified atom stereocenters. The molecule has 20 heavy (non-hydrogen) atoms. The molecular formula is C12H9N3O2S3. The lowest BCUT2D eigenvalue weighted by Crippen LogP contribution is -2.39. The highest BCUT2D eigenvalue weighted by Crippen LogP contribution is 2.29. The van der Waals surface area contributed by atoms with E-state index in [1.165, 1.54) is 27.2 Å². The molecule has 8 heteroatoms. The zero-order chi connectivity index (χ0) is 14.7. The molecule has 3 rings (SSSR count). The van der Waals surface area contributed by atoms with Crippen molar-refractivity contribution in [1.82, 2.24) is 8.94 Å². The monoisotopic (exact) mass is 323 g/mol. The number of nitriles is 1.